The van der Waals surface area contributed by atoms with Crippen LogP contribution in [-0.4, -0.2) is 156 Å². The van der Waals surface area contributed by atoms with Crippen LogP contribution < -0.4 is 52.1 Å². The van der Waals surface area contributed by atoms with Gasteiger partial charge in [-0.05, 0) is 217 Å². The molecular formula is C96H98O27. The first-order valence-corrected chi connectivity index (χ1v) is 39.0. The van der Waals surface area contributed by atoms with E-state index in [-0.39, 0.29) is 142 Å². The first-order chi connectivity index (χ1) is 59.3. The van der Waals surface area contributed by atoms with Crippen molar-refractivity contribution in [2.75, 3.05) is 53.9 Å². The molecule has 123 heavy (non-hydrogen) atoms. The van der Waals surface area contributed by atoms with Gasteiger partial charge in [0.05, 0.1) is 34.0 Å². The Balaban J connectivity index is 0.000000293. The molecule has 9 atom stereocenters. The molecule has 4 bridgehead atoms. The summed E-state index contributed by atoms with van der Waals surface area (Å²) in [5.74, 6) is 0.351. The van der Waals surface area contributed by atoms with Crippen LogP contribution in [0.25, 0.3) is 0 Å². The lowest BCUT2D eigenvalue weighted by molar-refractivity contribution is -0.0980. The second-order valence-corrected chi connectivity index (χ2v) is 29.1. The second-order valence-electron chi connectivity index (χ2n) is 29.1. The molecule has 27 nitrogen and oxygen atoms in total. The Morgan fingerprint density at radius 2 is 0.846 bits per heavy atom. The van der Waals surface area contributed by atoms with Gasteiger partial charge in [-0.15, -0.1) is 0 Å². The van der Waals surface area contributed by atoms with Crippen molar-refractivity contribution >= 4 is 6.79 Å². The highest BCUT2D eigenvalue weighted by molar-refractivity contribution is 5.57. The first kappa shape index (κ1) is 89.8. The molecule has 12 aromatic rings. The van der Waals surface area contributed by atoms with E-state index in [1.54, 1.807) is 122 Å². The van der Waals surface area contributed by atoms with E-state index < -0.39 is 74.8 Å². The number of carbonyl (C=O) groups excluding carboxylic acids is 1. The lowest BCUT2D eigenvalue weighted by Crippen LogP contribution is -2.32. The fourth-order valence-electron chi connectivity index (χ4n) is 13.5. The molecule has 9 unspecified atom stereocenters. The number of methoxy groups -OCH3 is 2. The van der Waals surface area contributed by atoms with Gasteiger partial charge in [0, 0.05) is 24.0 Å². The molecule has 0 aliphatic carbocycles. The highest BCUT2D eigenvalue weighted by Gasteiger charge is 2.34. The number of aromatic hydroxyl groups is 9. The van der Waals surface area contributed by atoms with Crippen molar-refractivity contribution in [2.45, 2.75) is 95.5 Å². The molecule has 0 saturated carbocycles. The summed E-state index contributed by atoms with van der Waals surface area (Å²) in [6, 6.07) is 61.7. The molecule has 644 valence electrons. The van der Waals surface area contributed by atoms with Crippen molar-refractivity contribution in [3.05, 3.63) is 308 Å². The average molecular weight is 1680 g/mol. The summed E-state index contributed by atoms with van der Waals surface area (Å²) in [7, 11) is 2.81. The molecule has 1 heterocycles. The molecule has 0 aromatic heterocycles. The number of aliphatic hydroxyl groups is 6. The number of benzene rings is 12. The predicted molar refractivity (Wildman–Crippen MR) is 453 cm³/mol. The fraction of sp³-hybridized carbons (Fsp3) is 0.240. The molecule has 0 fully saturated rings. The quantitative estimate of drug-likeness (QED) is 0.0178. The Morgan fingerprint density at radius 3 is 1.36 bits per heavy atom. The number of phenols is 9. The van der Waals surface area contributed by atoms with Gasteiger partial charge in [-0.25, -0.2) is 0 Å². The molecule has 0 amide bonds. The van der Waals surface area contributed by atoms with Crippen LogP contribution in [0, 0.1) is 27.7 Å². The SMILES string of the molecule is C=O.COc1cc(C(CO)Oc2ccc(C(O)C(COc3ccc(C)cc3)Oc3ccccc3O)cc2O)ccc1O.COc1cc2cc(c1O)Cc1cc(c(O)cc1C(O)C(COc1ccc(C)cc1)Oc1cccc(Cc3ccc(O)c(OC(COc4ccc(C)cc4)C(O)c4ccc(OC(CO)c5ccc(O)c(C)c5)c(O)c4)c3)c1O)OC2CO. The van der Waals surface area contributed by atoms with Gasteiger partial charge in [-0.2, -0.15) is 0 Å². The molecule has 0 saturated heterocycles. The lowest BCUT2D eigenvalue weighted by atomic mass is 9.92. The molecule has 12 aromatic carbocycles. The zero-order chi connectivity index (χ0) is 88.1. The zero-order valence-electron chi connectivity index (χ0n) is 68.1. The van der Waals surface area contributed by atoms with E-state index in [0.717, 1.165) is 16.7 Å². The molecule has 15 N–H and O–H groups in total. The smallest absolute Gasteiger partial charge is 0.163 e. The largest absolute Gasteiger partial charge is 0.508 e. The molecule has 0 spiro atoms. The maximum Gasteiger partial charge on any atom is 0.163 e. The maximum absolute atomic E-state index is 12.4. The molecule has 1 aliphatic heterocycles. The van der Waals surface area contributed by atoms with E-state index in [1.807, 2.05) is 64.0 Å². The van der Waals surface area contributed by atoms with Crippen LogP contribution in [0.15, 0.2) is 231 Å². The normalized spacial score (nSPS) is 14.0. The average Bonchev–Trinajstić information content (AvgIpc) is 1.73. The minimum atomic E-state index is -1.54. The number of rotatable bonds is 34. The number of ether oxygens (including phenoxy) is 11. The maximum atomic E-state index is 12.4. The van der Waals surface area contributed by atoms with E-state index >= 15 is 0 Å². The minimum Gasteiger partial charge on any atom is -0.508 e. The van der Waals surface area contributed by atoms with E-state index in [0.29, 0.717) is 67.3 Å². The third kappa shape index (κ3) is 22.8. The van der Waals surface area contributed by atoms with Gasteiger partial charge in [0.2, 0.25) is 0 Å². The zero-order valence-corrected chi connectivity index (χ0v) is 68.1. The minimum absolute atomic E-state index is 0.0170. The van der Waals surface area contributed by atoms with E-state index in [4.69, 9.17) is 56.9 Å². The van der Waals surface area contributed by atoms with E-state index in [9.17, 15) is 76.6 Å². The predicted octanol–water partition coefficient (Wildman–Crippen LogP) is 14.3. The van der Waals surface area contributed by atoms with Gasteiger partial charge in [-0.1, -0.05) is 108 Å². The summed E-state index contributed by atoms with van der Waals surface area (Å²) in [6.45, 7) is 7.67. The molecule has 1 aliphatic rings. The summed E-state index contributed by atoms with van der Waals surface area (Å²) in [6.07, 6.45) is -10.3. The second kappa shape index (κ2) is 41.8. The molecule has 13 rings (SSSR count). The topological polar surface area (TPSA) is 422 Å². The fourth-order valence-corrected chi connectivity index (χ4v) is 13.5. The van der Waals surface area contributed by atoms with Gasteiger partial charge in [0.1, 0.15) is 86.2 Å². The van der Waals surface area contributed by atoms with Crippen molar-refractivity contribution in [3.63, 3.8) is 0 Å². The highest BCUT2D eigenvalue weighted by atomic mass is 16.6. The van der Waals surface area contributed by atoms with Gasteiger partial charge >= 0.3 is 0 Å². The summed E-state index contributed by atoms with van der Waals surface area (Å²) in [5, 5.41) is 164. The van der Waals surface area contributed by atoms with Crippen molar-refractivity contribution in [2.24, 2.45) is 0 Å². The summed E-state index contributed by atoms with van der Waals surface area (Å²) >= 11 is 0. The highest BCUT2D eigenvalue weighted by Crippen LogP contribution is 2.46. The standard InChI is InChI=1S/C64H64O17.C31H32O9.CH2O/c1-35-8-15-45(16-9-35)76-33-59(62(72)41-14-21-52(50(69)27-41)78-57(31-65)39-13-20-48(67)37(3)22-39)81-54-24-38(12-19-49(54)68)23-40-6-5-7-53(61(40)71)79-60(34-77-46-17-10-36(2)11-18-46)64(74)47-30-51(70)55-28-42(47)25-44-26-43(58(32-66)80-55)29-56(75-4)63(44)73;1-19-7-11-22(12-8-19)38-18-30(40-26-6-4-3-5-23(26)33)31(36)21-10-14-27(25(35)15-21)39-29(17-32)20-9-13-24(34)28(16-20)37-2;1-2/h5-22,24,26-30,57-60,62,64-74H,23,25,31-34H2,1-4H3;3-16,29-36H,17-18H2,1-2H3;1H2. The third-order valence-electron chi connectivity index (χ3n) is 20.4. The van der Waals surface area contributed by atoms with Crippen LogP contribution in [0.1, 0.15) is 115 Å². The molecule has 27 heteroatoms. The summed E-state index contributed by atoms with van der Waals surface area (Å²) < 4.78 is 65.4. The Labute approximate surface area is 709 Å². The van der Waals surface area contributed by atoms with Crippen LogP contribution >= 0.6 is 0 Å². The van der Waals surface area contributed by atoms with Crippen LogP contribution in [0.2, 0.25) is 0 Å². The third-order valence-corrected chi connectivity index (χ3v) is 20.4. The molecule has 0 radical (unpaired) electrons. The first-order valence-electron chi connectivity index (χ1n) is 39.0. The number of fused-ring (bicyclic) bond motifs is 4. The van der Waals surface area contributed by atoms with Crippen molar-refractivity contribution in [1.29, 1.82) is 0 Å². The number of aryl methyl sites for hydroxylation is 4. The summed E-state index contributed by atoms with van der Waals surface area (Å²) in [5.41, 5.74) is 7.67. The number of hydrogen-bond acceptors (Lipinski definition) is 27. The lowest BCUT2D eigenvalue weighted by Gasteiger charge is -2.27. The number of hydrogen-bond donors (Lipinski definition) is 15. The van der Waals surface area contributed by atoms with Gasteiger partial charge < -0.3 is 133 Å². The number of phenolic OH excluding ortho intramolecular Hbond substituents is 9. The molecular weight excluding hydrogens is 1590 g/mol. The Hall–Kier alpha value is -13.9. The Kier molecular flexibility index (Phi) is 30.6. The van der Waals surface area contributed by atoms with Gasteiger partial charge in [-0.3, -0.25) is 0 Å². The van der Waals surface area contributed by atoms with Crippen LogP contribution in [0.5, 0.6) is 115 Å². The van der Waals surface area contributed by atoms with Crippen molar-refractivity contribution in [3.8, 4) is 115 Å². The number of para-hydroxylation sites is 3. The Bertz CT molecular complexity index is 5510. The van der Waals surface area contributed by atoms with Gasteiger partial charge in [0.15, 0.2) is 110 Å². The number of aliphatic hydroxyl groups excluding tert-OH is 6. The number of carbonyl (C=O) groups is 1. The Morgan fingerprint density at radius 1 is 0.382 bits per heavy atom. The van der Waals surface area contributed by atoms with Crippen molar-refractivity contribution < 1.29 is 133 Å². The van der Waals surface area contributed by atoms with Crippen LogP contribution in [-0.2, 0) is 17.6 Å². The van der Waals surface area contributed by atoms with Gasteiger partial charge in [0.25, 0.3) is 0 Å². The van der Waals surface area contributed by atoms with Crippen molar-refractivity contribution in [1.82, 2.24) is 0 Å². The van der Waals surface area contributed by atoms with Crippen LogP contribution in [0.4, 0.5) is 0 Å². The van der Waals surface area contributed by atoms with Crippen LogP contribution in [0.3, 0.4) is 0 Å². The van der Waals surface area contributed by atoms with E-state index in [1.165, 1.54) is 93.1 Å². The summed E-state index contributed by atoms with van der Waals surface area (Å²) in [4.78, 5) is 8.00. The monoisotopic (exact) mass is 1680 g/mol. The van der Waals surface area contributed by atoms with E-state index in [2.05, 4.69) is 0 Å².